The van der Waals surface area contributed by atoms with Crippen molar-refractivity contribution in [1.29, 1.82) is 0 Å². The molecule has 3 nitrogen and oxygen atoms in total. The van der Waals surface area contributed by atoms with Gasteiger partial charge in [-0.25, -0.2) is 0 Å². The molecular formula is C13H26N2O. The Balaban J connectivity index is 1.87. The van der Waals surface area contributed by atoms with Crippen LogP contribution in [0.3, 0.4) is 0 Å². The van der Waals surface area contributed by atoms with E-state index in [0.29, 0.717) is 6.04 Å². The zero-order chi connectivity index (χ0) is 11.4. The van der Waals surface area contributed by atoms with E-state index in [1.807, 2.05) is 7.05 Å². The van der Waals surface area contributed by atoms with Gasteiger partial charge in [0, 0.05) is 25.7 Å². The third kappa shape index (κ3) is 2.76. The van der Waals surface area contributed by atoms with Gasteiger partial charge in [0.05, 0.1) is 6.61 Å². The predicted molar refractivity (Wildman–Crippen MR) is 66.7 cm³/mol. The number of rotatable bonds is 5. The lowest BCUT2D eigenvalue weighted by molar-refractivity contribution is 0.0801. The lowest BCUT2D eigenvalue weighted by Crippen LogP contribution is -2.50. The molecule has 0 amide bonds. The maximum Gasteiger partial charge on any atom is 0.0628 e. The Bertz CT molecular complexity index is 210. The number of likely N-dealkylation sites (tertiary alicyclic amines) is 1. The van der Waals surface area contributed by atoms with Crippen LogP contribution in [0.25, 0.3) is 0 Å². The second kappa shape index (κ2) is 5.99. The Kier molecular flexibility index (Phi) is 4.62. The first-order valence-corrected chi connectivity index (χ1v) is 6.75. The molecule has 2 aliphatic rings. The molecule has 0 bridgehead atoms. The maximum atomic E-state index is 5.26. The quantitative estimate of drug-likeness (QED) is 0.768. The van der Waals surface area contributed by atoms with E-state index in [4.69, 9.17) is 4.74 Å². The molecule has 3 unspecified atom stereocenters. The van der Waals surface area contributed by atoms with Crippen molar-refractivity contribution < 1.29 is 4.74 Å². The van der Waals surface area contributed by atoms with Gasteiger partial charge in [-0.1, -0.05) is 6.42 Å². The van der Waals surface area contributed by atoms with Gasteiger partial charge in [-0.3, -0.25) is 4.90 Å². The third-order valence-corrected chi connectivity index (χ3v) is 4.34. The zero-order valence-corrected chi connectivity index (χ0v) is 10.7. The Labute approximate surface area is 99.5 Å². The fourth-order valence-corrected chi connectivity index (χ4v) is 3.50. The van der Waals surface area contributed by atoms with E-state index in [0.717, 1.165) is 25.1 Å². The molecule has 0 aromatic rings. The zero-order valence-electron chi connectivity index (χ0n) is 10.7. The highest BCUT2D eigenvalue weighted by molar-refractivity contribution is 4.90. The second-order valence-corrected chi connectivity index (χ2v) is 5.34. The van der Waals surface area contributed by atoms with Crippen molar-refractivity contribution in [3.8, 4) is 0 Å². The maximum absolute atomic E-state index is 5.26. The van der Waals surface area contributed by atoms with Crippen LogP contribution in [0.15, 0.2) is 0 Å². The smallest absolute Gasteiger partial charge is 0.0628 e. The van der Waals surface area contributed by atoms with Crippen molar-refractivity contribution in [3.63, 3.8) is 0 Å². The van der Waals surface area contributed by atoms with Gasteiger partial charge in [0.15, 0.2) is 0 Å². The fraction of sp³-hybridized carbons (Fsp3) is 1.00. The van der Waals surface area contributed by atoms with E-state index >= 15 is 0 Å². The van der Waals surface area contributed by atoms with Gasteiger partial charge < -0.3 is 10.1 Å². The largest absolute Gasteiger partial charge is 0.383 e. The minimum atomic E-state index is 0.490. The topological polar surface area (TPSA) is 24.5 Å². The first-order valence-electron chi connectivity index (χ1n) is 6.75. The summed E-state index contributed by atoms with van der Waals surface area (Å²) in [4.78, 5) is 2.71. The van der Waals surface area contributed by atoms with Crippen LogP contribution in [-0.4, -0.2) is 50.8 Å². The molecule has 1 aliphatic heterocycles. The normalized spacial score (nSPS) is 32.6. The summed E-state index contributed by atoms with van der Waals surface area (Å²) in [6, 6.07) is 1.37. The molecule has 3 atom stereocenters. The molecule has 0 radical (unpaired) electrons. The van der Waals surface area contributed by atoms with Crippen molar-refractivity contribution >= 4 is 0 Å². The van der Waals surface area contributed by atoms with Crippen LogP contribution in [0, 0.1) is 5.92 Å². The van der Waals surface area contributed by atoms with Crippen LogP contribution in [-0.2, 0) is 4.74 Å². The molecule has 1 N–H and O–H groups in total. The number of ether oxygens (including phenoxy) is 1. The number of nitrogens with zero attached hydrogens (tertiary/aromatic N) is 1. The van der Waals surface area contributed by atoms with E-state index in [1.54, 1.807) is 7.11 Å². The highest BCUT2D eigenvalue weighted by Crippen LogP contribution is 2.36. The van der Waals surface area contributed by atoms with Crippen LogP contribution >= 0.6 is 0 Å². The number of hydrogen-bond acceptors (Lipinski definition) is 3. The van der Waals surface area contributed by atoms with Gasteiger partial charge in [-0.15, -0.1) is 0 Å². The summed E-state index contributed by atoms with van der Waals surface area (Å²) < 4.78 is 5.26. The summed E-state index contributed by atoms with van der Waals surface area (Å²) in [5.41, 5.74) is 0. The average molecular weight is 226 g/mol. The van der Waals surface area contributed by atoms with Crippen LogP contribution in [0.4, 0.5) is 0 Å². The number of hydrogen-bond donors (Lipinski definition) is 1. The minimum absolute atomic E-state index is 0.490. The van der Waals surface area contributed by atoms with E-state index in [9.17, 15) is 0 Å². The van der Waals surface area contributed by atoms with Gasteiger partial charge >= 0.3 is 0 Å². The molecule has 2 rings (SSSR count). The van der Waals surface area contributed by atoms with Crippen LogP contribution in [0.5, 0.6) is 0 Å². The highest BCUT2D eigenvalue weighted by Gasteiger charge is 2.35. The lowest BCUT2D eigenvalue weighted by Gasteiger charge is -2.39. The van der Waals surface area contributed by atoms with E-state index in [2.05, 4.69) is 10.2 Å². The van der Waals surface area contributed by atoms with E-state index in [-0.39, 0.29) is 0 Å². The summed E-state index contributed by atoms with van der Waals surface area (Å²) in [6.07, 6.45) is 7.20. The molecule has 94 valence electrons. The Morgan fingerprint density at radius 1 is 1.31 bits per heavy atom. The fourth-order valence-electron chi connectivity index (χ4n) is 3.50. The molecule has 1 aliphatic carbocycles. The van der Waals surface area contributed by atoms with Crippen molar-refractivity contribution in [2.24, 2.45) is 5.92 Å². The van der Waals surface area contributed by atoms with Crippen molar-refractivity contribution in [1.82, 2.24) is 10.2 Å². The van der Waals surface area contributed by atoms with Crippen LogP contribution in [0.1, 0.15) is 32.1 Å². The number of fused-ring (bicyclic) bond motifs is 1. The number of piperidine rings is 1. The van der Waals surface area contributed by atoms with Crippen molar-refractivity contribution in [2.45, 2.75) is 44.2 Å². The minimum Gasteiger partial charge on any atom is -0.383 e. The Morgan fingerprint density at radius 2 is 2.12 bits per heavy atom. The highest BCUT2D eigenvalue weighted by atomic mass is 16.5. The Hall–Kier alpha value is -0.120. The SMILES string of the molecule is CNC(COC)CN1CCCC2CCCC21. The summed E-state index contributed by atoms with van der Waals surface area (Å²) >= 11 is 0. The molecule has 3 heteroatoms. The van der Waals surface area contributed by atoms with Crippen molar-refractivity contribution in [3.05, 3.63) is 0 Å². The summed E-state index contributed by atoms with van der Waals surface area (Å²) in [5, 5.41) is 3.36. The summed E-state index contributed by atoms with van der Waals surface area (Å²) in [7, 11) is 3.83. The average Bonchev–Trinajstić information content (AvgIpc) is 2.77. The first kappa shape index (κ1) is 12.3. The van der Waals surface area contributed by atoms with Gasteiger partial charge in [0.25, 0.3) is 0 Å². The molecule has 16 heavy (non-hydrogen) atoms. The van der Waals surface area contributed by atoms with E-state index < -0.39 is 0 Å². The van der Waals surface area contributed by atoms with Crippen LogP contribution in [0.2, 0.25) is 0 Å². The van der Waals surface area contributed by atoms with Crippen molar-refractivity contribution in [2.75, 3.05) is 33.9 Å². The second-order valence-electron chi connectivity index (χ2n) is 5.34. The monoisotopic (exact) mass is 226 g/mol. The molecule has 1 saturated heterocycles. The number of methoxy groups -OCH3 is 1. The predicted octanol–water partition coefficient (Wildman–Crippen LogP) is 1.49. The third-order valence-electron chi connectivity index (χ3n) is 4.34. The number of likely N-dealkylation sites (N-methyl/N-ethyl adjacent to an activating group) is 1. The summed E-state index contributed by atoms with van der Waals surface area (Å²) in [5.74, 6) is 0.994. The van der Waals surface area contributed by atoms with Gasteiger partial charge in [0.2, 0.25) is 0 Å². The van der Waals surface area contributed by atoms with Crippen LogP contribution < -0.4 is 5.32 Å². The molecule has 0 aromatic heterocycles. The molecule has 0 aromatic carbocycles. The molecule has 1 heterocycles. The first-order chi connectivity index (χ1) is 7.85. The van der Waals surface area contributed by atoms with Gasteiger partial charge in [0.1, 0.15) is 0 Å². The molecule has 2 fully saturated rings. The molecule has 0 spiro atoms. The molecular weight excluding hydrogens is 200 g/mol. The number of nitrogens with one attached hydrogen (secondary N) is 1. The Morgan fingerprint density at radius 3 is 2.88 bits per heavy atom. The van der Waals surface area contributed by atoms with Gasteiger partial charge in [-0.2, -0.15) is 0 Å². The van der Waals surface area contributed by atoms with E-state index in [1.165, 1.54) is 38.6 Å². The van der Waals surface area contributed by atoms with Gasteiger partial charge in [-0.05, 0) is 45.2 Å². The lowest BCUT2D eigenvalue weighted by atomic mass is 9.91. The summed E-state index contributed by atoms with van der Waals surface area (Å²) in [6.45, 7) is 3.28. The molecule has 1 saturated carbocycles. The standard InChI is InChI=1S/C13H26N2O/c1-14-12(10-16-2)9-15-8-4-6-11-5-3-7-13(11)15/h11-14H,3-10H2,1-2H3.